The number of rotatable bonds is 1. The standard InChI is InChI=1S/CNO2S2/c1-5-2-6(3)4. The molecule has 3 radical (unpaired) electrons. The van der Waals surface area contributed by atoms with Crippen molar-refractivity contribution in [3.05, 3.63) is 6.26 Å². The van der Waals surface area contributed by atoms with Crippen molar-refractivity contribution in [2.24, 2.45) is 3.77 Å². The molecule has 0 saturated carbocycles. The summed E-state index contributed by atoms with van der Waals surface area (Å²) in [5.74, 6) is 0. The van der Waals surface area contributed by atoms with E-state index in [1.807, 2.05) is 0 Å². The first kappa shape index (κ1) is 5.97. The predicted octanol–water partition coefficient (Wildman–Crippen LogP) is 0.243. The van der Waals surface area contributed by atoms with Crippen LogP contribution in [0.3, 0.4) is 0 Å². The molecule has 33 valence electrons. The summed E-state index contributed by atoms with van der Waals surface area (Å²) < 4.78 is 21.2. The minimum Gasteiger partial charge on any atom is -0.163 e. The molecule has 0 amide bonds. The van der Waals surface area contributed by atoms with Gasteiger partial charge < -0.3 is 0 Å². The van der Waals surface area contributed by atoms with Crippen LogP contribution >= 0.6 is 11.9 Å². The summed E-state index contributed by atoms with van der Waals surface area (Å²) in [5.41, 5.74) is 0. The van der Waals surface area contributed by atoms with Crippen LogP contribution in [-0.2, 0) is 10.5 Å². The lowest BCUT2D eigenvalue weighted by molar-refractivity contribution is 0.623. The van der Waals surface area contributed by atoms with Crippen molar-refractivity contribution in [3.63, 3.8) is 0 Å². The maximum absolute atomic E-state index is 9.29. The summed E-state index contributed by atoms with van der Waals surface area (Å²) in [7, 11) is -2.42. The van der Waals surface area contributed by atoms with E-state index < -0.39 is 10.5 Å². The molecule has 0 N–H and O–H groups in total. The molecule has 0 aromatic carbocycles. The highest BCUT2D eigenvalue weighted by Crippen LogP contribution is 1.91. The topological polar surface area (TPSA) is 46.5 Å². The molecule has 0 aliphatic rings. The Morgan fingerprint density at radius 1 is 1.67 bits per heavy atom. The average molecular weight is 122 g/mol. The van der Waals surface area contributed by atoms with Crippen molar-refractivity contribution in [3.8, 4) is 0 Å². The van der Waals surface area contributed by atoms with Gasteiger partial charge in [-0.1, -0.05) is 3.77 Å². The molecular formula is CNO2S2. The molecule has 0 heterocycles. The van der Waals surface area contributed by atoms with Gasteiger partial charge in [0.25, 0.3) is 0 Å². The average Bonchev–Trinajstić information content (AvgIpc) is 1.35. The lowest BCUT2D eigenvalue weighted by Crippen LogP contribution is -1.44. The summed E-state index contributed by atoms with van der Waals surface area (Å²) in [6.45, 7) is 0. The highest BCUT2D eigenvalue weighted by atomic mass is 32.2. The summed E-state index contributed by atoms with van der Waals surface area (Å²) in [5, 5.41) is 0. The van der Waals surface area contributed by atoms with Gasteiger partial charge in [0.1, 0.15) is 0 Å². The fourth-order valence-corrected chi connectivity index (χ4v) is 0.274. The zero-order valence-electron chi connectivity index (χ0n) is 2.58. The van der Waals surface area contributed by atoms with E-state index in [9.17, 15) is 8.42 Å². The molecule has 0 atom stereocenters. The first-order valence-electron chi connectivity index (χ1n) is 0.903. The Kier molecular flexibility index (Phi) is 3.16. The van der Waals surface area contributed by atoms with E-state index in [1.54, 1.807) is 0 Å². The van der Waals surface area contributed by atoms with Gasteiger partial charge in [-0.3, -0.25) is 0 Å². The molecule has 0 aromatic heterocycles. The number of hydrogen-bond donors (Lipinski definition) is 0. The van der Waals surface area contributed by atoms with E-state index in [0.29, 0.717) is 0 Å². The van der Waals surface area contributed by atoms with Crippen molar-refractivity contribution in [1.29, 1.82) is 0 Å². The predicted molar refractivity (Wildman–Crippen MR) is 22.2 cm³/mol. The van der Waals surface area contributed by atoms with E-state index in [4.69, 9.17) is 6.26 Å². The van der Waals surface area contributed by atoms with Crippen LogP contribution < -0.4 is 0 Å². The summed E-state index contributed by atoms with van der Waals surface area (Å²) in [4.78, 5) is 0. The van der Waals surface area contributed by atoms with Crippen LogP contribution in [0.15, 0.2) is 3.77 Å². The van der Waals surface area contributed by atoms with Crippen LogP contribution in [0, 0.1) is 6.26 Å². The molecule has 0 spiro atoms. The second-order valence-electron chi connectivity index (χ2n) is 0.383. The second-order valence-corrected chi connectivity index (χ2v) is 1.60. The summed E-state index contributed by atoms with van der Waals surface area (Å²) in [6.07, 6.45) is 6.09. The van der Waals surface area contributed by atoms with Crippen molar-refractivity contribution >= 4 is 22.4 Å². The first-order valence-corrected chi connectivity index (χ1v) is 2.71. The highest BCUT2D eigenvalue weighted by Gasteiger charge is 1.62. The molecule has 6 heavy (non-hydrogen) atoms. The fraction of sp³-hybridized carbons (Fsp3) is 0. The Morgan fingerprint density at radius 3 is 2.17 bits per heavy atom. The maximum Gasteiger partial charge on any atom is 0.322 e. The quantitative estimate of drug-likeness (QED) is 0.468. The largest absolute Gasteiger partial charge is 0.322 e. The molecule has 0 aliphatic heterocycles. The van der Waals surface area contributed by atoms with E-state index in [1.165, 1.54) is 0 Å². The van der Waals surface area contributed by atoms with Crippen LogP contribution in [0.25, 0.3) is 0 Å². The van der Waals surface area contributed by atoms with Gasteiger partial charge in [0, 0.05) is 11.9 Å². The van der Waals surface area contributed by atoms with Crippen molar-refractivity contribution < 1.29 is 8.42 Å². The molecule has 0 aliphatic carbocycles. The monoisotopic (exact) mass is 122 g/mol. The molecule has 3 nitrogen and oxygen atoms in total. The van der Waals surface area contributed by atoms with Crippen LogP contribution in [0.5, 0.6) is 0 Å². The molecular weight excluding hydrogens is 122 g/mol. The van der Waals surface area contributed by atoms with E-state index >= 15 is 0 Å². The van der Waals surface area contributed by atoms with Gasteiger partial charge in [0.05, 0.1) is 6.26 Å². The van der Waals surface area contributed by atoms with Crippen molar-refractivity contribution in [2.45, 2.75) is 0 Å². The van der Waals surface area contributed by atoms with Gasteiger partial charge in [-0.05, 0) is 0 Å². The fourth-order valence-electron chi connectivity index (χ4n) is 0.0304. The molecule has 0 unspecified atom stereocenters. The number of hydrogen-bond acceptors (Lipinski definition) is 4. The van der Waals surface area contributed by atoms with Gasteiger partial charge in [-0.2, -0.15) is 8.42 Å². The number of nitrogens with zero attached hydrogens (tertiary/aromatic N) is 1. The third-order valence-electron chi connectivity index (χ3n) is 0.0981. The van der Waals surface area contributed by atoms with Gasteiger partial charge in [0.2, 0.25) is 0 Å². The normalized spacial score (nSPS) is 7.50. The van der Waals surface area contributed by atoms with Crippen LogP contribution in [-0.4, -0.2) is 8.42 Å². The molecule has 0 saturated heterocycles. The molecule has 0 bridgehead atoms. The van der Waals surface area contributed by atoms with Crippen molar-refractivity contribution in [1.82, 2.24) is 0 Å². The Morgan fingerprint density at radius 2 is 2.17 bits per heavy atom. The SMILES string of the molecule is [C]SN=S(=O)=O. The smallest absolute Gasteiger partial charge is 0.163 e. The molecule has 0 aromatic rings. The Bertz CT molecular complexity index is 126. The van der Waals surface area contributed by atoms with Gasteiger partial charge in [0.15, 0.2) is 0 Å². The maximum atomic E-state index is 9.29. The Balaban J connectivity index is 3.78. The zero-order chi connectivity index (χ0) is 4.99. The van der Waals surface area contributed by atoms with Gasteiger partial charge in [-0.15, -0.1) is 0 Å². The molecule has 0 rings (SSSR count). The van der Waals surface area contributed by atoms with Crippen molar-refractivity contribution in [2.75, 3.05) is 0 Å². The van der Waals surface area contributed by atoms with Crippen LogP contribution in [0.4, 0.5) is 0 Å². The van der Waals surface area contributed by atoms with E-state index in [2.05, 4.69) is 3.77 Å². The lowest BCUT2D eigenvalue weighted by Gasteiger charge is -1.56. The Hall–Kier alpha value is -0.0300. The lowest BCUT2D eigenvalue weighted by atomic mass is 12.0. The third-order valence-corrected chi connectivity index (χ3v) is 0.883. The highest BCUT2D eigenvalue weighted by molar-refractivity contribution is 8.02. The first-order chi connectivity index (χ1) is 2.77. The molecule has 0 fully saturated rings. The van der Waals surface area contributed by atoms with Crippen LogP contribution in [0.1, 0.15) is 0 Å². The van der Waals surface area contributed by atoms with Gasteiger partial charge >= 0.3 is 10.5 Å². The van der Waals surface area contributed by atoms with Gasteiger partial charge in [-0.25, -0.2) is 0 Å². The second kappa shape index (κ2) is 3.17. The minimum atomic E-state index is -2.42. The Labute approximate surface area is 41.6 Å². The van der Waals surface area contributed by atoms with E-state index in [-0.39, 0.29) is 11.9 Å². The summed E-state index contributed by atoms with van der Waals surface area (Å²) in [6, 6.07) is 0. The third kappa shape index (κ3) is 3.97. The molecule has 5 heteroatoms. The van der Waals surface area contributed by atoms with Crippen LogP contribution in [0.2, 0.25) is 0 Å². The zero-order valence-corrected chi connectivity index (χ0v) is 4.21. The van der Waals surface area contributed by atoms with E-state index in [0.717, 1.165) is 0 Å². The summed E-state index contributed by atoms with van der Waals surface area (Å²) >= 11 is 0.172. The minimum absolute atomic E-state index is 0.172.